The first-order valence-electron chi connectivity index (χ1n) is 3.80. The molecule has 0 unspecified atom stereocenters. The van der Waals surface area contributed by atoms with Crippen LogP contribution in [0.15, 0.2) is 12.1 Å². The average molecular weight is 277 g/mol. The van der Waals surface area contributed by atoms with Crippen LogP contribution in [0.4, 0.5) is 15.8 Å². The van der Waals surface area contributed by atoms with Crippen molar-refractivity contribution < 1.29 is 14.1 Å². The van der Waals surface area contributed by atoms with Crippen molar-refractivity contribution in [3.8, 4) is 0 Å². The molecule has 0 heterocycles. The molecule has 15 heavy (non-hydrogen) atoms. The van der Waals surface area contributed by atoms with Gasteiger partial charge in [-0.1, -0.05) is 15.9 Å². The number of ketones is 1. The predicted molar refractivity (Wildman–Crippen MR) is 55.6 cm³/mol. The van der Waals surface area contributed by atoms with Crippen molar-refractivity contribution in [2.45, 2.75) is 0 Å². The van der Waals surface area contributed by atoms with Gasteiger partial charge < -0.3 is 5.73 Å². The minimum atomic E-state index is -0.926. The molecular weight excluding hydrogens is 271 g/mol. The summed E-state index contributed by atoms with van der Waals surface area (Å²) in [5.74, 6) is -1.52. The van der Waals surface area contributed by atoms with Crippen LogP contribution in [0.5, 0.6) is 0 Å². The largest absolute Gasteiger partial charge is 0.396 e. The van der Waals surface area contributed by atoms with E-state index in [2.05, 4.69) is 15.9 Å². The molecule has 0 bridgehead atoms. The third-order valence-corrected chi connectivity index (χ3v) is 2.23. The summed E-state index contributed by atoms with van der Waals surface area (Å²) in [6.07, 6.45) is 0. The van der Waals surface area contributed by atoms with E-state index in [4.69, 9.17) is 5.73 Å². The molecule has 0 atom stereocenters. The average Bonchev–Trinajstić information content (AvgIpc) is 2.20. The van der Waals surface area contributed by atoms with Gasteiger partial charge in [0.15, 0.2) is 11.6 Å². The number of carbonyl (C=O) groups is 1. The number of rotatable bonds is 3. The standard InChI is InChI=1S/C8H6BrFN2O3/c9-3-7(13)5-1-4(12(14)15)2-6(11)8(5)10/h1-2H,3,11H2. The number of nitro groups is 1. The lowest BCUT2D eigenvalue weighted by Gasteiger charge is -2.02. The number of nitrogens with two attached hydrogens (primary N) is 1. The summed E-state index contributed by atoms with van der Waals surface area (Å²) in [6.45, 7) is 0. The molecule has 0 aliphatic carbocycles. The van der Waals surface area contributed by atoms with Gasteiger partial charge in [-0.2, -0.15) is 0 Å². The second kappa shape index (κ2) is 4.35. The summed E-state index contributed by atoms with van der Waals surface area (Å²) >= 11 is 2.84. The Morgan fingerprint density at radius 3 is 2.67 bits per heavy atom. The van der Waals surface area contributed by atoms with Crippen molar-refractivity contribution in [3.63, 3.8) is 0 Å². The van der Waals surface area contributed by atoms with Gasteiger partial charge in [-0.15, -0.1) is 0 Å². The number of halogens is 2. The number of nitro benzene ring substituents is 1. The van der Waals surface area contributed by atoms with Crippen molar-refractivity contribution >= 4 is 33.1 Å². The Kier molecular flexibility index (Phi) is 3.35. The van der Waals surface area contributed by atoms with E-state index in [-0.39, 0.29) is 10.9 Å². The fourth-order valence-electron chi connectivity index (χ4n) is 1.01. The number of nitrogens with zero attached hydrogens (tertiary/aromatic N) is 1. The maximum Gasteiger partial charge on any atom is 0.272 e. The van der Waals surface area contributed by atoms with E-state index < -0.39 is 27.9 Å². The summed E-state index contributed by atoms with van der Waals surface area (Å²) in [6, 6.07) is 1.75. The van der Waals surface area contributed by atoms with Crippen molar-refractivity contribution in [1.82, 2.24) is 0 Å². The second-order valence-electron chi connectivity index (χ2n) is 2.71. The zero-order chi connectivity index (χ0) is 11.6. The molecule has 0 fully saturated rings. The third-order valence-electron chi connectivity index (χ3n) is 1.72. The Balaban J connectivity index is 3.37. The normalized spacial score (nSPS) is 10.0. The SMILES string of the molecule is Nc1cc([N+](=O)[O-])cc(C(=O)CBr)c1F. The van der Waals surface area contributed by atoms with Crippen LogP contribution in [0.25, 0.3) is 0 Å². The van der Waals surface area contributed by atoms with E-state index in [1.165, 1.54) is 0 Å². The molecule has 80 valence electrons. The van der Waals surface area contributed by atoms with E-state index in [1.54, 1.807) is 0 Å². The van der Waals surface area contributed by atoms with Crippen LogP contribution in [-0.2, 0) is 0 Å². The topological polar surface area (TPSA) is 86.2 Å². The van der Waals surface area contributed by atoms with Crippen molar-refractivity contribution in [3.05, 3.63) is 33.6 Å². The van der Waals surface area contributed by atoms with Gasteiger partial charge >= 0.3 is 0 Å². The maximum absolute atomic E-state index is 13.3. The minimum absolute atomic E-state index is 0.121. The number of benzene rings is 1. The third kappa shape index (κ3) is 2.30. The van der Waals surface area contributed by atoms with E-state index >= 15 is 0 Å². The van der Waals surface area contributed by atoms with Gasteiger partial charge in [0.1, 0.15) is 0 Å². The summed E-state index contributed by atoms with van der Waals surface area (Å²) in [5.41, 5.74) is 4.02. The van der Waals surface area contributed by atoms with E-state index in [0.29, 0.717) is 0 Å². The Bertz CT molecular complexity index is 436. The molecule has 0 saturated heterocycles. The number of non-ortho nitro benzene ring substituents is 1. The van der Waals surface area contributed by atoms with Gasteiger partial charge in [0.05, 0.1) is 21.5 Å². The summed E-state index contributed by atoms with van der Waals surface area (Å²) < 4.78 is 13.3. The van der Waals surface area contributed by atoms with Gasteiger partial charge in [-0.3, -0.25) is 14.9 Å². The molecule has 0 saturated carbocycles. The summed E-state index contributed by atoms with van der Waals surface area (Å²) in [4.78, 5) is 20.9. The lowest BCUT2D eigenvalue weighted by atomic mass is 10.1. The number of Topliss-reactive ketones (excluding diaryl/α,β-unsaturated/α-hetero) is 1. The maximum atomic E-state index is 13.3. The smallest absolute Gasteiger partial charge is 0.272 e. The highest BCUT2D eigenvalue weighted by Crippen LogP contribution is 2.23. The van der Waals surface area contributed by atoms with E-state index in [0.717, 1.165) is 12.1 Å². The molecule has 5 nitrogen and oxygen atoms in total. The van der Waals surface area contributed by atoms with Crippen LogP contribution < -0.4 is 5.73 Å². The Hall–Kier alpha value is -1.50. The fraction of sp³-hybridized carbons (Fsp3) is 0.125. The first-order chi connectivity index (χ1) is 6.97. The highest BCUT2D eigenvalue weighted by Gasteiger charge is 2.19. The monoisotopic (exact) mass is 276 g/mol. The Morgan fingerprint density at radius 1 is 1.60 bits per heavy atom. The minimum Gasteiger partial charge on any atom is -0.396 e. The molecule has 1 rings (SSSR count). The first kappa shape index (κ1) is 11.6. The van der Waals surface area contributed by atoms with Crippen molar-refractivity contribution in [2.75, 3.05) is 11.1 Å². The fourth-order valence-corrected chi connectivity index (χ4v) is 1.31. The van der Waals surface area contributed by atoms with Crippen LogP contribution >= 0.6 is 15.9 Å². The molecule has 1 aromatic rings. The van der Waals surface area contributed by atoms with Crippen LogP contribution in [0.2, 0.25) is 0 Å². The zero-order valence-corrected chi connectivity index (χ0v) is 8.95. The number of nitrogen functional groups attached to an aromatic ring is 1. The second-order valence-corrected chi connectivity index (χ2v) is 3.27. The van der Waals surface area contributed by atoms with Crippen LogP contribution in [0.1, 0.15) is 10.4 Å². The molecule has 7 heteroatoms. The molecule has 0 aromatic heterocycles. The Morgan fingerprint density at radius 2 is 2.20 bits per heavy atom. The van der Waals surface area contributed by atoms with Gasteiger partial charge in [-0.05, 0) is 0 Å². The van der Waals surface area contributed by atoms with E-state index in [9.17, 15) is 19.3 Å². The predicted octanol–water partition coefficient (Wildman–Crippen LogP) is 1.89. The summed E-state index contributed by atoms with van der Waals surface area (Å²) in [5, 5.41) is 10.3. The van der Waals surface area contributed by atoms with Crippen molar-refractivity contribution in [1.29, 1.82) is 0 Å². The molecule has 0 aliphatic rings. The highest BCUT2D eigenvalue weighted by molar-refractivity contribution is 9.09. The molecule has 0 spiro atoms. The molecular formula is C8H6BrFN2O3. The van der Waals surface area contributed by atoms with Gasteiger partial charge in [0.25, 0.3) is 5.69 Å². The van der Waals surface area contributed by atoms with Gasteiger partial charge in [0.2, 0.25) is 0 Å². The van der Waals surface area contributed by atoms with Gasteiger partial charge in [0, 0.05) is 12.1 Å². The summed E-state index contributed by atoms with van der Waals surface area (Å²) in [7, 11) is 0. The van der Waals surface area contributed by atoms with Crippen LogP contribution in [0.3, 0.4) is 0 Å². The number of hydrogen-bond acceptors (Lipinski definition) is 4. The number of alkyl halides is 1. The lowest BCUT2D eigenvalue weighted by molar-refractivity contribution is -0.384. The zero-order valence-electron chi connectivity index (χ0n) is 7.37. The van der Waals surface area contributed by atoms with Gasteiger partial charge in [-0.25, -0.2) is 4.39 Å². The quantitative estimate of drug-likeness (QED) is 0.300. The molecule has 1 aromatic carbocycles. The number of hydrogen-bond donors (Lipinski definition) is 1. The molecule has 2 N–H and O–H groups in total. The lowest BCUT2D eigenvalue weighted by Crippen LogP contribution is -2.07. The molecule has 0 radical (unpaired) electrons. The number of carbonyl (C=O) groups excluding carboxylic acids is 1. The Labute approximate surface area is 92.3 Å². The number of anilines is 1. The van der Waals surface area contributed by atoms with Crippen LogP contribution in [0, 0.1) is 15.9 Å². The van der Waals surface area contributed by atoms with Crippen LogP contribution in [-0.4, -0.2) is 16.0 Å². The molecule has 0 aliphatic heterocycles. The first-order valence-corrected chi connectivity index (χ1v) is 4.92. The van der Waals surface area contributed by atoms with E-state index in [1.807, 2.05) is 0 Å². The highest BCUT2D eigenvalue weighted by atomic mass is 79.9. The molecule has 0 amide bonds. The van der Waals surface area contributed by atoms with Crippen molar-refractivity contribution in [2.24, 2.45) is 0 Å².